The molecule has 0 saturated heterocycles. The number of amides is 2. The van der Waals surface area contributed by atoms with Gasteiger partial charge in [0.05, 0.1) is 11.7 Å². The quantitative estimate of drug-likeness (QED) is 0.457. The Bertz CT molecular complexity index is 1120. The molecule has 162 valence electrons. The molecule has 32 heavy (non-hydrogen) atoms. The molecule has 0 atom stereocenters. The molecule has 2 amide bonds. The van der Waals surface area contributed by atoms with Crippen molar-refractivity contribution in [2.75, 3.05) is 6.54 Å². The second-order valence-corrected chi connectivity index (χ2v) is 7.65. The highest BCUT2D eigenvalue weighted by molar-refractivity contribution is 5.75. The number of rotatable bonds is 7. The summed E-state index contributed by atoms with van der Waals surface area (Å²) in [5, 5.41) is 10.7. The van der Waals surface area contributed by atoms with Crippen molar-refractivity contribution in [1.82, 2.24) is 25.4 Å². The lowest BCUT2D eigenvalue weighted by molar-refractivity contribution is 0.239. The molecule has 2 N–H and O–H groups in total. The maximum absolute atomic E-state index is 12.7. The van der Waals surface area contributed by atoms with Crippen molar-refractivity contribution < 1.29 is 4.79 Å². The number of pyridine rings is 1. The molecule has 4 rings (SSSR count). The first kappa shape index (κ1) is 21.3. The van der Waals surface area contributed by atoms with E-state index in [0.29, 0.717) is 13.0 Å². The van der Waals surface area contributed by atoms with Crippen LogP contribution >= 0.6 is 0 Å². The van der Waals surface area contributed by atoms with Crippen molar-refractivity contribution >= 4 is 6.03 Å². The Balaban J connectivity index is 1.41. The number of aromatic nitrogens is 3. The molecule has 0 saturated carbocycles. The predicted octanol–water partition coefficient (Wildman–Crippen LogP) is 4.52. The number of hydrogen-bond acceptors (Lipinski definition) is 3. The molecule has 2 aromatic carbocycles. The third-order valence-electron chi connectivity index (χ3n) is 5.51. The molecule has 0 aliphatic heterocycles. The van der Waals surface area contributed by atoms with Crippen LogP contribution in [-0.4, -0.2) is 27.3 Å². The first-order valence-electron chi connectivity index (χ1n) is 10.7. The Morgan fingerprint density at radius 1 is 0.906 bits per heavy atom. The first-order valence-corrected chi connectivity index (χ1v) is 10.7. The Kier molecular flexibility index (Phi) is 6.60. The SMILES string of the molecule is Cc1nn(-c2ccccn2)c(C)c1CCNC(=O)NC(c1ccccc1)c1ccccc1. The summed E-state index contributed by atoms with van der Waals surface area (Å²) >= 11 is 0. The van der Waals surface area contributed by atoms with Gasteiger partial charge in [-0.2, -0.15) is 5.10 Å². The molecule has 0 bridgehead atoms. The highest BCUT2D eigenvalue weighted by Crippen LogP contribution is 2.21. The summed E-state index contributed by atoms with van der Waals surface area (Å²) in [6.07, 6.45) is 2.45. The molecule has 6 nitrogen and oxygen atoms in total. The van der Waals surface area contributed by atoms with Crippen LogP contribution in [0.4, 0.5) is 4.79 Å². The van der Waals surface area contributed by atoms with Gasteiger partial charge in [-0.05, 0) is 49.1 Å². The van der Waals surface area contributed by atoms with E-state index in [-0.39, 0.29) is 12.1 Å². The molecule has 0 spiro atoms. The van der Waals surface area contributed by atoms with Gasteiger partial charge in [-0.3, -0.25) is 0 Å². The molecule has 0 radical (unpaired) electrons. The Labute approximate surface area is 188 Å². The van der Waals surface area contributed by atoms with Gasteiger partial charge in [0.2, 0.25) is 0 Å². The standard InChI is InChI=1S/C26H27N5O/c1-19-23(20(2)31(30-19)24-15-9-10-17-27-24)16-18-28-26(32)29-25(21-11-5-3-6-12-21)22-13-7-4-8-14-22/h3-15,17,25H,16,18H2,1-2H3,(H2,28,29,32). The summed E-state index contributed by atoms with van der Waals surface area (Å²) in [5.74, 6) is 0.790. The van der Waals surface area contributed by atoms with E-state index in [1.807, 2.05) is 97.4 Å². The van der Waals surface area contributed by atoms with Crippen LogP contribution in [-0.2, 0) is 6.42 Å². The second kappa shape index (κ2) is 9.92. The largest absolute Gasteiger partial charge is 0.338 e. The minimum atomic E-state index is -0.215. The van der Waals surface area contributed by atoms with Crippen LogP contribution in [0, 0.1) is 13.8 Å². The van der Waals surface area contributed by atoms with Crippen LogP contribution in [0.5, 0.6) is 0 Å². The number of nitrogens with zero attached hydrogens (tertiary/aromatic N) is 3. The van der Waals surface area contributed by atoms with E-state index in [4.69, 9.17) is 0 Å². The Morgan fingerprint density at radius 2 is 1.53 bits per heavy atom. The summed E-state index contributed by atoms with van der Waals surface area (Å²) in [6, 6.07) is 25.3. The van der Waals surface area contributed by atoms with Crippen LogP contribution < -0.4 is 10.6 Å². The van der Waals surface area contributed by atoms with E-state index in [9.17, 15) is 4.79 Å². The van der Waals surface area contributed by atoms with Gasteiger partial charge in [-0.25, -0.2) is 14.5 Å². The molecule has 0 aliphatic carbocycles. The lowest BCUT2D eigenvalue weighted by Gasteiger charge is -2.20. The van der Waals surface area contributed by atoms with Gasteiger partial charge in [-0.15, -0.1) is 0 Å². The topological polar surface area (TPSA) is 71.8 Å². The highest BCUT2D eigenvalue weighted by Gasteiger charge is 2.17. The van der Waals surface area contributed by atoms with Crippen molar-refractivity contribution in [3.63, 3.8) is 0 Å². The van der Waals surface area contributed by atoms with E-state index in [2.05, 4.69) is 20.7 Å². The molecule has 0 fully saturated rings. The second-order valence-electron chi connectivity index (χ2n) is 7.65. The van der Waals surface area contributed by atoms with Gasteiger partial charge in [-0.1, -0.05) is 66.7 Å². The molecular weight excluding hydrogens is 398 g/mol. The zero-order valence-electron chi connectivity index (χ0n) is 18.3. The van der Waals surface area contributed by atoms with Crippen molar-refractivity contribution in [1.29, 1.82) is 0 Å². The predicted molar refractivity (Wildman–Crippen MR) is 126 cm³/mol. The van der Waals surface area contributed by atoms with E-state index in [1.54, 1.807) is 6.20 Å². The zero-order chi connectivity index (χ0) is 22.3. The molecule has 2 aromatic heterocycles. The lowest BCUT2D eigenvalue weighted by Crippen LogP contribution is -2.39. The summed E-state index contributed by atoms with van der Waals surface area (Å²) in [6.45, 7) is 4.53. The van der Waals surface area contributed by atoms with Crippen molar-refractivity contribution in [3.8, 4) is 5.82 Å². The summed E-state index contributed by atoms with van der Waals surface area (Å²) in [4.78, 5) is 17.1. The van der Waals surface area contributed by atoms with Gasteiger partial charge in [0, 0.05) is 18.4 Å². The monoisotopic (exact) mass is 425 g/mol. The van der Waals surface area contributed by atoms with E-state index in [0.717, 1.165) is 33.9 Å². The fraction of sp³-hybridized carbons (Fsp3) is 0.192. The molecular formula is C26H27N5O. The van der Waals surface area contributed by atoms with Gasteiger partial charge < -0.3 is 10.6 Å². The number of carbonyl (C=O) groups excluding carboxylic acids is 1. The van der Waals surface area contributed by atoms with Crippen LogP contribution in [0.25, 0.3) is 5.82 Å². The highest BCUT2D eigenvalue weighted by atomic mass is 16.2. The molecule has 4 aromatic rings. The normalized spacial score (nSPS) is 10.8. The van der Waals surface area contributed by atoms with Crippen LogP contribution in [0.15, 0.2) is 85.1 Å². The number of carbonyl (C=O) groups is 1. The molecule has 6 heteroatoms. The van der Waals surface area contributed by atoms with Gasteiger partial charge in [0.15, 0.2) is 5.82 Å². The van der Waals surface area contributed by atoms with Gasteiger partial charge in [0.25, 0.3) is 0 Å². The van der Waals surface area contributed by atoms with Crippen LogP contribution in [0.2, 0.25) is 0 Å². The van der Waals surface area contributed by atoms with E-state index >= 15 is 0 Å². The zero-order valence-corrected chi connectivity index (χ0v) is 18.3. The third-order valence-corrected chi connectivity index (χ3v) is 5.51. The fourth-order valence-corrected chi connectivity index (χ4v) is 3.87. The minimum Gasteiger partial charge on any atom is -0.338 e. The Morgan fingerprint density at radius 3 is 2.12 bits per heavy atom. The first-order chi connectivity index (χ1) is 15.6. The number of benzene rings is 2. The van der Waals surface area contributed by atoms with E-state index in [1.165, 1.54) is 0 Å². The molecule has 2 heterocycles. The number of nitrogens with one attached hydrogen (secondary N) is 2. The van der Waals surface area contributed by atoms with Gasteiger partial charge >= 0.3 is 6.03 Å². The van der Waals surface area contributed by atoms with Gasteiger partial charge in [0.1, 0.15) is 0 Å². The molecule has 0 unspecified atom stereocenters. The van der Waals surface area contributed by atoms with Crippen molar-refractivity contribution in [2.24, 2.45) is 0 Å². The Hall–Kier alpha value is -3.93. The number of hydrogen-bond donors (Lipinski definition) is 2. The molecule has 0 aliphatic rings. The average Bonchev–Trinajstić information content (AvgIpc) is 3.12. The third kappa shape index (κ3) is 4.86. The van der Waals surface area contributed by atoms with Crippen molar-refractivity contribution in [3.05, 3.63) is 113 Å². The summed E-state index contributed by atoms with van der Waals surface area (Å²) in [5.41, 5.74) is 5.18. The van der Waals surface area contributed by atoms with E-state index < -0.39 is 0 Å². The smallest absolute Gasteiger partial charge is 0.315 e. The van der Waals surface area contributed by atoms with Crippen LogP contribution in [0.3, 0.4) is 0 Å². The minimum absolute atomic E-state index is 0.199. The van der Waals surface area contributed by atoms with Crippen molar-refractivity contribution in [2.45, 2.75) is 26.3 Å². The van der Waals surface area contributed by atoms with Crippen LogP contribution in [0.1, 0.15) is 34.1 Å². The fourth-order valence-electron chi connectivity index (χ4n) is 3.87. The average molecular weight is 426 g/mol. The lowest BCUT2D eigenvalue weighted by atomic mass is 9.99. The number of urea groups is 1. The number of aryl methyl sites for hydroxylation is 1. The maximum atomic E-state index is 12.7. The maximum Gasteiger partial charge on any atom is 0.315 e. The summed E-state index contributed by atoms with van der Waals surface area (Å²) < 4.78 is 1.85. The summed E-state index contributed by atoms with van der Waals surface area (Å²) in [7, 11) is 0.